The van der Waals surface area contributed by atoms with Gasteiger partial charge in [-0.25, -0.2) is 0 Å². The summed E-state index contributed by atoms with van der Waals surface area (Å²) in [6.45, 7) is 2.70. The minimum Gasteiger partial charge on any atom is -0.491 e. The zero-order valence-electron chi connectivity index (χ0n) is 18.2. The standard InChI is InChI=1S/C26H32N2O4/c29-23(19-31-25-10-3-1-4-11-25)17-27-15-21-8-7-9-22(14-21)16-28-18-24(30)20-32-26-12-5-2-6-13-26/h1-14,23-24,27-30H,15-20H2. The number of hydrogen-bond acceptors (Lipinski definition) is 6. The first-order chi connectivity index (χ1) is 15.7. The van der Waals surface area contributed by atoms with Crippen LogP contribution < -0.4 is 20.1 Å². The third kappa shape index (κ3) is 9.08. The maximum Gasteiger partial charge on any atom is 0.119 e. The van der Waals surface area contributed by atoms with Crippen LogP contribution in [0, 0.1) is 0 Å². The Morgan fingerprint density at radius 1 is 0.594 bits per heavy atom. The van der Waals surface area contributed by atoms with E-state index in [-0.39, 0.29) is 13.2 Å². The normalized spacial score (nSPS) is 12.8. The predicted octanol–water partition coefficient (Wildman–Crippen LogP) is 2.75. The second-order valence-corrected chi connectivity index (χ2v) is 7.64. The van der Waals surface area contributed by atoms with E-state index in [1.165, 1.54) is 0 Å². The van der Waals surface area contributed by atoms with Crippen LogP contribution in [0.4, 0.5) is 0 Å². The largest absolute Gasteiger partial charge is 0.491 e. The summed E-state index contributed by atoms with van der Waals surface area (Å²) in [7, 11) is 0. The Labute approximate surface area is 189 Å². The van der Waals surface area contributed by atoms with Crippen LogP contribution >= 0.6 is 0 Å². The molecule has 0 saturated heterocycles. The topological polar surface area (TPSA) is 83.0 Å². The molecule has 0 aliphatic heterocycles. The Bertz CT molecular complexity index is 822. The Balaban J connectivity index is 1.30. The van der Waals surface area contributed by atoms with Gasteiger partial charge in [-0.15, -0.1) is 0 Å². The van der Waals surface area contributed by atoms with Crippen LogP contribution in [-0.2, 0) is 13.1 Å². The molecule has 32 heavy (non-hydrogen) atoms. The van der Waals surface area contributed by atoms with Crippen LogP contribution in [0.15, 0.2) is 84.9 Å². The van der Waals surface area contributed by atoms with Crippen LogP contribution in [0.2, 0.25) is 0 Å². The number of aliphatic hydroxyl groups is 2. The van der Waals surface area contributed by atoms with E-state index in [0.29, 0.717) is 26.2 Å². The zero-order valence-corrected chi connectivity index (χ0v) is 18.2. The van der Waals surface area contributed by atoms with Crippen molar-refractivity contribution in [1.82, 2.24) is 10.6 Å². The highest BCUT2D eigenvalue weighted by Gasteiger charge is 2.07. The van der Waals surface area contributed by atoms with E-state index in [1.54, 1.807) is 0 Å². The molecule has 3 aromatic carbocycles. The quantitative estimate of drug-likeness (QED) is 0.311. The molecular formula is C26H32N2O4. The summed E-state index contributed by atoms with van der Waals surface area (Å²) in [5.41, 5.74) is 2.27. The van der Waals surface area contributed by atoms with Crippen molar-refractivity contribution in [2.45, 2.75) is 25.3 Å². The summed E-state index contributed by atoms with van der Waals surface area (Å²) < 4.78 is 11.1. The van der Waals surface area contributed by atoms with Gasteiger partial charge < -0.3 is 30.3 Å². The summed E-state index contributed by atoms with van der Waals surface area (Å²) in [5.74, 6) is 1.51. The van der Waals surface area contributed by atoms with Gasteiger partial charge in [0, 0.05) is 26.2 Å². The molecule has 0 saturated carbocycles. The van der Waals surface area contributed by atoms with Gasteiger partial charge in [-0.3, -0.25) is 0 Å². The lowest BCUT2D eigenvalue weighted by Gasteiger charge is -2.14. The van der Waals surface area contributed by atoms with Crippen molar-refractivity contribution < 1.29 is 19.7 Å². The minimum absolute atomic E-state index is 0.247. The van der Waals surface area contributed by atoms with Crippen LogP contribution in [-0.4, -0.2) is 48.7 Å². The predicted molar refractivity (Wildman–Crippen MR) is 126 cm³/mol. The lowest BCUT2D eigenvalue weighted by molar-refractivity contribution is 0.106. The average molecular weight is 437 g/mol. The smallest absolute Gasteiger partial charge is 0.119 e. The molecule has 0 aliphatic carbocycles. The van der Waals surface area contributed by atoms with Crippen molar-refractivity contribution in [3.05, 3.63) is 96.1 Å². The minimum atomic E-state index is -0.584. The van der Waals surface area contributed by atoms with Crippen molar-refractivity contribution in [2.75, 3.05) is 26.3 Å². The van der Waals surface area contributed by atoms with Crippen LogP contribution in [0.25, 0.3) is 0 Å². The summed E-state index contributed by atoms with van der Waals surface area (Å²) >= 11 is 0. The summed E-state index contributed by atoms with van der Waals surface area (Å²) in [6, 6.07) is 27.2. The van der Waals surface area contributed by atoms with E-state index in [4.69, 9.17) is 9.47 Å². The van der Waals surface area contributed by atoms with Crippen LogP contribution in [0.3, 0.4) is 0 Å². The van der Waals surface area contributed by atoms with Gasteiger partial charge in [-0.05, 0) is 35.4 Å². The molecule has 2 atom stereocenters. The molecule has 0 aromatic heterocycles. The maximum absolute atomic E-state index is 10.1. The molecule has 0 amide bonds. The number of para-hydroxylation sites is 2. The molecule has 0 bridgehead atoms. The highest BCUT2D eigenvalue weighted by atomic mass is 16.5. The van der Waals surface area contributed by atoms with Gasteiger partial charge >= 0.3 is 0 Å². The molecule has 3 aromatic rings. The third-order valence-corrected chi connectivity index (χ3v) is 4.78. The van der Waals surface area contributed by atoms with Crippen molar-refractivity contribution >= 4 is 0 Å². The van der Waals surface area contributed by atoms with Crippen LogP contribution in [0.1, 0.15) is 11.1 Å². The van der Waals surface area contributed by atoms with Gasteiger partial charge in [0.15, 0.2) is 0 Å². The van der Waals surface area contributed by atoms with E-state index in [9.17, 15) is 10.2 Å². The molecule has 3 rings (SSSR count). The molecule has 2 unspecified atom stereocenters. The number of rotatable bonds is 14. The summed E-state index contributed by atoms with van der Waals surface area (Å²) in [5, 5.41) is 26.7. The molecule has 170 valence electrons. The van der Waals surface area contributed by atoms with Gasteiger partial charge in [0.2, 0.25) is 0 Å². The van der Waals surface area contributed by atoms with Crippen molar-refractivity contribution in [3.63, 3.8) is 0 Å². The van der Waals surface area contributed by atoms with E-state index in [0.717, 1.165) is 22.6 Å². The Morgan fingerprint density at radius 3 is 1.47 bits per heavy atom. The van der Waals surface area contributed by atoms with E-state index >= 15 is 0 Å². The van der Waals surface area contributed by atoms with Gasteiger partial charge in [0.1, 0.15) is 36.9 Å². The summed E-state index contributed by atoms with van der Waals surface area (Å²) in [6.07, 6.45) is -1.17. The average Bonchev–Trinajstić information content (AvgIpc) is 2.83. The Kier molecular flexibility index (Phi) is 10.0. The Hall–Kier alpha value is -2.90. The molecule has 6 nitrogen and oxygen atoms in total. The van der Waals surface area contributed by atoms with Gasteiger partial charge in [-0.2, -0.15) is 0 Å². The number of benzene rings is 3. The maximum atomic E-state index is 10.1. The molecule has 0 radical (unpaired) electrons. The van der Waals surface area contributed by atoms with Gasteiger partial charge in [0.05, 0.1) is 0 Å². The van der Waals surface area contributed by atoms with E-state index < -0.39 is 12.2 Å². The van der Waals surface area contributed by atoms with E-state index in [2.05, 4.69) is 16.7 Å². The number of hydrogen-bond donors (Lipinski definition) is 4. The highest BCUT2D eigenvalue weighted by Crippen LogP contribution is 2.10. The molecule has 0 fully saturated rings. The van der Waals surface area contributed by atoms with Crippen molar-refractivity contribution in [3.8, 4) is 11.5 Å². The number of nitrogens with one attached hydrogen (secondary N) is 2. The van der Waals surface area contributed by atoms with Crippen LogP contribution in [0.5, 0.6) is 11.5 Å². The third-order valence-electron chi connectivity index (χ3n) is 4.78. The monoisotopic (exact) mass is 436 g/mol. The molecule has 0 heterocycles. The van der Waals surface area contributed by atoms with Gasteiger partial charge in [0.25, 0.3) is 0 Å². The lowest BCUT2D eigenvalue weighted by atomic mass is 10.1. The fraction of sp³-hybridized carbons (Fsp3) is 0.308. The van der Waals surface area contributed by atoms with E-state index in [1.807, 2.05) is 78.9 Å². The highest BCUT2D eigenvalue weighted by molar-refractivity contribution is 5.24. The fourth-order valence-electron chi connectivity index (χ4n) is 3.15. The van der Waals surface area contributed by atoms with Crippen molar-refractivity contribution in [2.24, 2.45) is 0 Å². The zero-order chi connectivity index (χ0) is 22.4. The first-order valence-electron chi connectivity index (χ1n) is 10.9. The second kappa shape index (κ2) is 13.5. The Morgan fingerprint density at radius 2 is 1.03 bits per heavy atom. The lowest BCUT2D eigenvalue weighted by Crippen LogP contribution is -2.31. The number of ether oxygens (including phenoxy) is 2. The summed E-state index contributed by atoms with van der Waals surface area (Å²) in [4.78, 5) is 0. The fourth-order valence-corrected chi connectivity index (χ4v) is 3.15. The second-order valence-electron chi connectivity index (χ2n) is 7.64. The SMILES string of the molecule is OC(CNCc1cccc(CNCC(O)COc2ccccc2)c1)COc1ccccc1. The molecular weight excluding hydrogens is 404 g/mol. The van der Waals surface area contributed by atoms with Gasteiger partial charge in [-0.1, -0.05) is 60.7 Å². The van der Waals surface area contributed by atoms with Crippen molar-refractivity contribution in [1.29, 1.82) is 0 Å². The molecule has 4 N–H and O–H groups in total. The number of aliphatic hydroxyl groups excluding tert-OH is 2. The molecule has 0 aliphatic rings. The first-order valence-corrected chi connectivity index (χ1v) is 10.9. The first kappa shape index (κ1) is 23.8. The molecule has 6 heteroatoms. The molecule has 0 spiro atoms.